The van der Waals surface area contributed by atoms with Crippen LogP contribution in [0.2, 0.25) is 5.02 Å². The zero-order valence-electron chi connectivity index (χ0n) is 17.1. The number of carbonyl (C=O) groups excluding carboxylic acids is 1. The average molecular weight is 435 g/mol. The summed E-state index contributed by atoms with van der Waals surface area (Å²) in [6.45, 7) is 2.75. The summed E-state index contributed by atoms with van der Waals surface area (Å²) in [4.78, 5) is 16.9. The summed E-state index contributed by atoms with van der Waals surface area (Å²) in [6.07, 6.45) is 2.87. The molecule has 3 aromatic carbocycles. The number of halogens is 2. The second kappa shape index (κ2) is 9.90. The molecule has 3 aromatic rings. The molecule has 3 nitrogen and oxygen atoms in total. The first kappa shape index (κ1) is 21.3. The van der Waals surface area contributed by atoms with Gasteiger partial charge in [0.25, 0.3) is 0 Å². The van der Waals surface area contributed by atoms with Crippen LogP contribution in [0.1, 0.15) is 22.7 Å². The maximum Gasteiger partial charge on any atom is 0.246 e. The molecule has 1 amide bonds. The number of carbonyl (C=O) groups is 1. The van der Waals surface area contributed by atoms with Gasteiger partial charge in [-0.05, 0) is 29.3 Å². The second-order valence-corrected chi connectivity index (χ2v) is 7.96. The quantitative estimate of drug-likeness (QED) is 0.500. The minimum atomic E-state index is -0.435. The molecule has 1 heterocycles. The van der Waals surface area contributed by atoms with E-state index in [0.717, 1.165) is 13.1 Å². The molecule has 4 rings (SSSR count). The summed E-state index contributed by atoms with van der Waals surface area (Å²) < 4.78 is 13.9. The molecule has 1 fully saturated rings. The molecule has 0 radical (unpaired) electrons. The van der Waals surface area contributed by atoms with Crippen LogP contribution in [0.15, 0.2) is 84.9 Å². The Morgan fingerprint density at radius 3 is 1.97 bits per heavy atom. The van der Waals surface area contributed by atoms with E-state index in [2.05, 4.69) is 53.4 Å². The first-order valence-corrected chi connectivity index (χ1v) is 10.8. The van der Waals surface area contributed by atoms with Gasteiger partial charge < -0.3 is 4.90 Å². The summed E-state index contributed by atoms with van der Waals surface area (Å²) in [5, 5.41) is 0.294. The number of hydrogen-bond acceptors (Lipinski definition) is 2. The van der Waals surface area contributed by atoms with Crippen molar-refractivity contribution in [1.29, 1.82) is 0 Å². The molecule has 31 heavy (non-hydrogen) atoms. The van der Waals surface area contributed by atoms with E-state index in [0.29, 0.717) is 18.1 Å². The third-order valence-corrected chi connectivity index (χ3v) is 5.94. The van der Waals surface area contributed by atoms with Crippen molar-refractivity contribution in [1.82, 2.24) is 9.80 Å². The average Bonchev–Trinajstić information content (AvgIpc) is 2.81. The molecule has 0 aromatic heterocycles. The Morgan fingerprint density at radius 1 is 0.839 bits per heavy atom. The van der Waals surface area contributed by atoms with Gasteiger partial charge in [-0.3, -0.25) is 9.69 Å². The lowest BCUT2D eigenvalue weighted by Crippen LogP contribution is -2.49. The molecule has 1 aliphatic rings. The summed E-state index contributed by atoms with van der Waals surface area (Å²) >= 11 is 6.05. The standard InChI is InChI=1S/C26H24ClFN2O/c27-23-12-7-13-24(28)22(23)14-15-25(31)29-16-18-30(19-17-29)26(20-8-3-1-4-9-20)21-10-5-2-6-11-21/h1-15,26H,16-19H2/b15-14+. The number of amides is 1. The van der Waals surface area contributed by atoms with Crippen LogP contribution in [0.25, 0.3) is 6.08 Å². The molecule has 158 valence electrons. The van der Waals surface area contributed by atoms with Crippen LogP contribution < -0.4 is 0 Å². The van der Waals surface area contributed by atoms with Gasteiger partial charge in [0.1, 0.15) is 5.82 Å². The SMILES string of the molecule is O=C(/C=C/c1c(F)cccc1Cl)N1CCN(C(c2ccccc2)c2ccccc2)CC1. The molecule has 0 bridgehead atoms. The van der Waals surface area contributed by atoms with Crippen LogP contribution in [0.5, 0.6) is 0 Å². The van der Waals surface area contributed by atoms with Gasteiger partial charge >= 0.3 is 0 Å². The van der Waals surface area contributed by atoms with Gasteiger partial charge in [-0.1, -0.05) is 78.3 Å². The maximum atomic E-state index is 13.9. The lowest BCUT2D eigenvalue weighted by atomic mass is 9.96. The zero-order chi connectivity index (χ0) is 21.6. The molecule has 1 saturated heterocycles. The van der Waals surface area contributed by atoms with E-state index >= 15 is 0 Å². The topological polar surface area (TPSA) is 23.6 Å². The predicted octanol–water partition coefficient (Wildman–Crippen LogP) is 5.43. The Hall–Kier alpha value is -2.95. The van der Waals surface area contributed by atoms with Crippen molar-refractivity contribution in [2.45, 2.75) is 6.04 Å². The minimum absolute atomic E-state index is 0.130. The van der Waals surface area contributed by atoms with Gasteiger partial charge in [0.05, 0.1) is 11.1 Å². The Morgan fingerprint density at radius 2 is 1.42 bits per heavy atom. The van der Waals surface area contributed by atoms with Gasteiger partial charge in [-0.25, -0.2) is 4.39 Å². The van der Waals surface area contributed by atoms with Gasteiger partial charge in [0.15, 0.2) is 0 Å². The monoisotopic (exact) mass is 434 g/mol. The van der Waals surface area contributed by atoms with Crippen molar-refractivity contribution in [3.63, 3.8) is 0 Å². The molecule has 0 saturated carbocycles. The highest BCUT2D eigenvalue weighted by molar-refractivity contribution is 6.32. The second-order valence-electron chi connectivity index (χ2n) is 7.55. The van der Waals surface area contributed by atoms with Crippen molar-refractivity contribution in [3.05, 3.63) is 112 Å². The number of piperazine rings is 1. The first-order valence-electron chi connectivity index (χ1n) is 10.4. The summed E-state index contributed by atoms with van der Waals surface area (Å²) in [7, 11) is 0. The van der Waals surface area contributed by atoms with E-state index in [1.165, 1.54) is 29.3 Å². The highest BCUT2D eigenvalue weighted by Gasteiger charge is 2.27. The van der Waals surface area contributed by atoms with E-state index in [1.807, 2.05) is 12.1 Å². The number of nitrogens with zero attached hydrogens (tertiary/aromatic N) is 2. The molecule has 0 unspecified atom stereocenters. The fourth-order valence-corrected chi connectivity index (χ4v) is 4.24. The lowest BCUT2D eigenvalue weighted by Gasteiger charge is -2.39. The number of benzene rings is 3. The number of hydrogen-bond donors (Lipinski definition) is 0. The van der Waals surface area contributed by atoms with E-state index in [1.54, 1.807) is 17.0 Å². The third-order valence-electron chi connectivity index (χ3n) is 5.61. The molecule has 5 heteroatoms. The summed E-state index contributed by atoms with van der Waals surface area (Å²) in [5.41, 5.74) is 2.72. The minimum Gasteiger partial charge on any atom is -0.337 e. The fourth-order valence-electron chi connectivity index (χ4n) is 4.02. The van der Waals surface area contributed by atoms with Crippen LogP contribution in [0, 0.1) is 5.82 Å². The Bertz CT molecular complexity index is 988. The van der Waals surface area contributed by atoms with Crippen LogP contribution in [-0.2, 0) is 4.79 Å². The zero-order valence-corrected chi connectivity index (χ0v) is 17.9. The Balaban J connectivity index is 1.45. The van der Waals surface area contributed by atoms with Crippen molar-refractivity contribution < 1.29 is 9.18 Å². The number of rotatable bonds is 5. The Labute approximate surface area is 187 Å². The van der Waals surface area contributed by atoms with E-state index in [4.69, 9.17) is 11.6 Å². The maximum absolute atomic E-state index is 13.9. The van der Waals surface area contributed by atoms with Crippen molar-refractivity contribution in [2.24, 2.45) is 0 Å². The van der Waals surface area contributed by atoms with E-state index < -0.39 is 5.82 Å². The van der Waals surface area contributed by atoms with Gasteiger partial charge in [0, 0.05) is 37.8 Å². The fraction of sp³-hybridized carbons (Fsp3) is 0.192. The van der Waals surface area contributed by atoms with E-state index in [9.17, 15) is 9.18 Å². The van der Waals surface area contributed by atoms with Gasteiger partial charge in [-0.2, -0.15) is 0 Å². The van der Waals surface area contributed by atoms with E-state index in [-0.39, 0.29) is 17.5 Å². The molecule has 0 aliphatic carbocycles. The molecular formula is C26H24ClFN2O. The molecule has 0 N–H and O–H groups in total. The van der Waals surface area contributed by atoms with Crippen LogP contribution in [0.3, 0.4) is 0 Å². The molecule has 1 aliphatic heterocycles. The van der Waals surface area contributed by atoms with Crippen LogP contribution in [-0.4, -0.2) is 41.9 Å². The molecular weight excluding hydrogens is 411 g/mol. The van der Waals surface area contributed by atoms with Gasteiger partial charge in [-0.15, -0.1) is 0 Å². The normalized spacial score (nSPS) is 15.0. The highest BCUT2D eigenvalue weighted by atomic mass is 35.5. The van der Waals surface area contributed by atoms with Crippen molar-refractivity contribution in [3.8, 4) is 0 Å². The predicted molar refractivity (Wildman–Crippen MR) is 123 cm³/mol. The molecule has 0 atom stereocenters. The Kier molecular flexibility index (Phi) is 6.80. The van der Waals surface area contributed by atoms with Crippen molar-refractivity contribution >= 4 is 23.6 Å². The lowest BCUT2D eigenvalue weighted by molar-refractivity contribution is -0.127. The van der Waals surface area contributed by atoms with Crippen molar-refractivity contribution in [2.75, 3.05) is 26.2 Å². The van der Waals surface area contributed by atoms with Gasteiger partial charge in [0.2, 0.25) is 5.91 Å². The first-order chi connectivity index (χ1) is 15.1. The highest BCUT2D eigenvalue weighted by Crippen LogP contribution is 2.29. The largest absolute Gasteiger partial charge is 0.337 e. The smallest absolute Gasteiger partial charge is 0.246 e. The summed E-state index contributed by atoms with van der Waals surface area (Å²) in [6, 6.07) is 25.5. The molecule has 0 spiro atoms. The van der Waals surface area contributed by atoms with Crippen LogP contribution >= 0.6 is 11.6 Å². The summed E-state index contributed by atoms with van der Waals surface area (Å²) in [5.74, 6) is -0.565. The third kappa shape index (κ3) is 5.04. The van der Waals surface area contributed by atoms with Crippen LogP contribution in [0.4, 0.5) is 4.39 Å².